The highest BCUT2D eigenvalue weighted by Crippen LogP contribution is 2.53. The molecule has 2 aromatic rings. The summed E-state index contributed by atoms with van der Waals surface area (Å²) in [5.41, 5.74) is 3.83. The smallest absolute Gasteiger partial charge is 0.201 e. The number of phenols is 2. The van der Waals surface area contributed by atoms with Gasteiger partial charge in [0.2, 0.25) is 11.5 Å². The van der Waals surface area contributed by atoms with E-state index in [2.05, 4.69) is 19.9 Å². The number of ether oxygens (including phenoxy) is 4. The van der Waals surface area contributed by atoms with E-state index in [1.165, 1.54) is 34.0 Å². The van der Waals surface area contributed by atoms with Crippen molar-refractivity contribution in [2.45, 2.75) is 19.8 Å². The van der Waals surface area contributed by atoms with Crippen LogP contribution in [0.4, 0.5) is 0 Å². The van der Waals surface area contributed by atoms with Gasteiger partial charge in [-0.05, 0) is 42.2 Å². The van der Waals surface area contributed by atoms with Gasteiger partial charge >= 0.3 is 0 Å². The molecule has 28 heavy (non-hydrogen) atoms. The van der Waals surface area contributed by atoms with Crippen molar-refractivity contribution < 1.29 is 29.2 Å². The predicted octanol–water partition coefficient (Wildman–Crippen LogP) is 4.32. The quantitative estimate of drug-likeness (QED) is 0.797. The van der Waals surface area contributed by atoms with Crippen LogP contribution in [0.3, 0.4) is 0 Å². The van der Waals surface area contributed by atoms with E-state index < -0.39 is 0 Å². The Morgan fingerprint density at radius 1 is 0.786 bits per heavy atom. The van der Waals surface area contributed by atoms with Crippen molar-refractivity contribution in [2.75, 3.05) is 28.4 Å². The fraction of sp³-hybridized carbons (Fsp3) is 0.364. The summed E-state index contributed by atoms with van der Waals surface area (Å²) in [6.07, 6.45) is 2.08. The van der Waals surface area contributed by atoms with Crippen molar-refractivity contribution in [1.82, 2.24) is 0 Å². The van der Waals surface area contributed by atoms with E-state index in [0.29, 0.717) is 23.0 Å². The van der Waals surface area contributed by atoms with Crippen LogP contribution in [0, 0.1) is 5.92 Å². The molecule has 0 saturated carbocycles. The monoisotopic (exact) mass is 386 g/mol. The molecule has 3 rings (SSSR count). The van der Waals surface area contributed by atoms with E-state index in [1.807, 2.05) is 6.07 Å². The molecule has 2 aromatic carbocycles. The highest BCUT2D eigenvalue weighted by Gasteiger charge is 2.34. The van der Waals surface area contributed by atoms with Gasteiger partial charge in [0, 0.05) is 11.5 Å². The predicted molar refractivity (Wildman–Crippen MR) is 107 cm³/mol. The highest BCUT2D eigenvalue weighted by atomic mass is 16.5. The number of fused-ring (bicyclic) bond motifs is 1. The second kappa shape index (κ2) is 7.54. The Kier molecular flexibility index (Phi) is 5.31. The Balaban J connectivity index is 2.33. The molecule has 0 fully saturated rings. The lowest BCUT2D eigenvalue weighted by Crippen LogP contribution is -2.19. The number of allylic oxidation sites excluding steroid dienone is 1. The third-order valence-electron chi connectivity index (χ3n) is 5.49. The molecule has 2 atom stereocenters. The van der Waals surface area contributed by atoms with Crippen LogP contribution in [-0.4, -0.2) is 38.7 Å². The summed E-state index contributed by atoms with van der Waals surface area (Å²) in [5.74, 6) is 1.28. The van der Waals surface area contributed by atoms with Gasteiger partial charge in [-0.1, -0.05) is 18.6 Å². The summed E-state index contributed by atoms with van der Waals surface area (Å²) in [5, 5.41) is 20.9. The normalized spacial score (nSPS) is 18.1. The Bertz CT molecular complexity index is 906. The lowest BCUT2D eigenvalue weighted by Gasteiger charge is -2.33. The minimum Gasteiger partial charge on any atom is -0.502 e. The molecule has 6 nitrogen and oxygen atoms in total. The number of phenolic OH excluding ortho intramolecular Hbond substituents is 2. The molecule has 6 heteroatoms. The summed E-state index contributed by atoms with van der Waals surface area (Å²) in [4.78, 5) is 0. The molecule has 0 aromatic heterocycles. The Morgan fingerprint density at radius 3 is 1.82 bits per heavy atom. The van der Waals surface area contributed by atoms with Crippen molar-refractivity contribution in [3.63, 3.8) is 0 Å². The minimum absolute atomic E-state index is 0.0355. The fourth-order valence-corrected chi connectivity index (χ4v) is 3.90. The van der Waals surface area contributed by atoms with Crippen LogP contribution in [0.15, 0.2) is 23.8 Å². The second-order valence-electron chi connectivity index (χ2n) is 6.89. The highest BCUT2D eigenvalue weighted by molar-refractivity contribution is 5.73. The molecule has 150 valence electrons. The van der Waals surface area contributed by atoms with Gasteiger partial charge in [-0.2, -0.15) is 0 Å². The van der Waals surface area contributed by atoms with Gasteiger partial charge in [0.1, 0.15) is 0 Å². The standard InChI is InChI=1S/C22H26O6/c1-11-7-13-8-17(27-5)21(24)22(28-6)19(13)18(12(11)2)14-9-15(25-3)20(23)16(10-14)26-4/h7-10,12,18,23-24H,1-6H3/t12-,18+/m1/s1. The van der Waals surface area contributed by atoms with Crippen molar-refractivity contribution in [2.24, 2.45) is 5.92 Å². The first kappa shape index (κ1) is 19.7. The van der Waals surface area contributed by atoms with Crippen LogP contribution in [0.5, 0.6) is 34.5 Å². The number of benzene rings is 2. The summed E-state index contributed by atoms with van der Waals surface area (Å²) >= 11 is 0. The zero-order chi connectivity index (χ0) is 20.6. The minimum atomic E-state index is -0.143. The first-order valence-corrected chi connectivity index (χ1v) is 8.98. The number of hydrogen-bond donors (Lipinski definition) is 2. The van der Waals surface area contributed by atoms with Gasteiger partial charge < -0.3 is 29.2 Å². The van der Waals surface area contributed by atoms with Crippen LogP contribution in [-0.2, 0) is 0 Å². The summed E-state index contributed by atoms with van der Waals surface area (Å²) in [7, 11) is 6.04. The largest absolute Gasteiger partial charge is 0.502 e. The Hall–Kier alpha value is -3.02. The molecule has 1 aliphatic carbocycles. The molecule has 0 heterocycles. The van der Waals surface area contributed by atoms with Crippen LogP contribution in [0.25, 0.3) is 6.08 Å². The lowest BCUT2D eigenvalue weighted by atomic mass is 9.72. The summed E-state index contributed by atoms with van der Waals surface area (Å²) in [6, 6.07) is 5.40. The van der Waals surface area contributed by atoms with Crippen LogP contribution >= 0.6 is 0 Å². The molecule has 0 radical (unpaired) electrons. The maximum absolute atomic E-state index is 10.6. The third-order valence-corrected chi connectivity index (χ3v) is 5.49. The number of rotatable bonds is 5. The second-order valence-corrected chi connectivity index (χ2v) is 6.89. The van der Waals surface area contributed by atoms with Crippen LogP contribution in [0.2, 0.25) is 0 Å². The third kappa shape index (κ3) is 2.99. The van der Waals surface area contributed by atoms with Crippen LogP contribution in [0.1, 0.15) is 36.5 Å². The van der Waals surface area contributed by atoms with Gasteiger partial charge in [-0.3, -0.25) is 0 Å². The van der Waals surface area contributed by atoms with Crippen LogP contribution < -0.4 is 18.9 Å². The maximum Gasteiger partial charge on any atom is 0.201 e. The van der Waals surface area contributed by atoms with Crippen molar-refractivity contribution >= 4 is 6.08 Å². The Labute approximate surface area is 164 Å². The van der Waals surface area contributed by atoms with Gasteiger partial charge in [0.25, 0.3) is 0 Å². The first-order valence-electron chi connectivity index (χ1n) is 8.98. The molecule has 0 unspecified atom stereocenters. The van der Waals surface area contributed by atoms with Crippen molar-refractivity contribution in [1.29, 1.82) is 0 Å². The molecule has 0 bridgehead atoms. The molecule has 2 N–H and O–H groups in total. The van der Waals surface area contributed by atoms with Crippen molar-refractivity contribution in [3.05, 3.63) is 40.5 Å². The average molecular weight is 386 g/mol. The average Bonchev–Trinajstić information content (AvgIpc) is 2.69. The molecule has 0 amide bonds. The van der Waals surface area contributed by atoms with E-state index in [9.17, 15) is 10.2 Å². The van der Waals surface area contributed by atoms with E-state index >= 15 is 0 Å². The summed E-state index contributed by atoms with van der Waals surface area (Å²) in [6.45, 7) is 4.19. The van der Waals surface area contributed by atoms with Crippen molar-refractivity contribution in [3.8, 4) is 34.5 Å². The topological polar surface area (TPSA) is 77.4 Å². The van der Waals surface area contributed by atoms with E-state index in [1.54, 1.807) is 12.1 Å². The van der Waals surface area contributed by atoms with Gasteiger partial charge in [0.05, 0.1) is 28.4 Å². The van der Waals surface area contributed by atoms with E-state index in [0.717, 1.165) is 16.7 Å². The zero-order valence-corrected chi connectivity index (χ0v) is 17.0. The maximum atomic E-state index is 10.6. The lowest BCUT2D eigenvalue weighted by molar-refractivity contribution is 0.332. The van der Waals surface area contributed by atoms with E-state index in [4.69, 9.17) is 18.9 Å². The summed E-state index contributed by atoms with van der Waals surface area (Å²) < 4.78 is 21.6. The fourth-order valence-electron chi connectivity index (χ4n) is 3.90. The molecule has 0 aliphatic heterocycles. The van der Waals surface area contributed by atoms with E-state index in [-0.39, 0.29) is 23.3 Å². The molecular formula is C22H26O6. The van der Waals surface area contributed by atoms with Gasteiger partial charge in [-0.25, -0.2) is 0 Å². The zero-order valence-electron chi connectivity index (χ0n) is 17.0. The number of hydrogen-bond acceptors (Lipinski definition) is 6. The molecule has 1 aliphatic rings. The molecule has 0 spiro atoms. The first-order chi connectivity index (χ1) is 13.4. The van der Waals surface area contributed by atoms with Gasteiger partial charge in [0.15, 0.2) is 23.0 Å². The molecule has 0 saturated heterocycles. The number of methoxy groups -OCH3 is 4. The number of aromatic hydroxyl groups is 2. The Morgan fingerprint density at radius 2 is 1.32 bits per heavy atom. The SMILES string of the molecule is COc1cc([C@H]2c3c(cc(OC)c(O)c3OC)C=C(C)[C@H]2C)cc(OC)c1O. The molecular weight excluding hydrogens is 360 g/mol. The van der Waals surface area contributed by atoms with Gasteiger partial charge in [-0.15, -0.1) is 0 Å².